The zero-order valence-corrected chi connectivity index (χ0v) is 16.4. The second kappa shape index (κ2) is 8.91. The molecule has 0 heterocycles. The Balaban J connectivity index is 2.40. The molecule has 6 heteroatoms. The number of ether oxygens (including phenoxy) is 1. The van der Waals surface area contributed by atoms with Gasteiger partial charge in [0, 0.05) is 7.05 Å². The summed E-state index contributed by atoms with van der Waals surface area (Å²) in [5.41, 5.74) is 2.89. The monoisotopic (exact) mass is 391 g/mol. The molecule has 0 aromatic heterocycles. The molecular weight excluding hydrogens is 369 g/mol. The first-order valence-electron chi connectivity index (χ1n) is 8.56. The maximum Gasteiger partial charge on any atom is 0.257 e. The molecule has 2 N–H and O–H groups in total. The van der Waals surface area contributed by atoms with Crippen molar-refractivity contribution in [1.82, 2.24) is 5.32 Å². The fourth-order valence-corrected chi connectivity index (χ4v) is 2.99. The van der Waals surface area contributed by atoms with Gasteiger partial charge >= 0.3 is 0 Å². The van der Waals surface area contributed by atoms with Crippen molar-refractivity contribution in [1.29, 1.82) is 0 Å². The minimum absolute atomic E-state index is 0.0709. The predicted octanol–water partition coefficient (Wildman–Crippen LogP) is 4.67. The van der Waals surface area contributed by atoms with Gasteiger partial charge in [-0.15, -0.1) is 0 Å². The number of halogens is 2. The van der Waals surface area contributed by atoms with Crippen molar-refractivity contribution in [3.05, 3.63) is 63.9 Å². The van der Waals surface area contributed by atoms with Gasteiger partial charge in [0.15, 0.2) is 18.2 Å². The Morgan fingerprint density at radius 1 is 1.41 bits per heavy atom. The summed E-state index contributed by atoms with van der Waals surface area (Å²) in [6, 6.07) is 6.77. The van der Waals surface area contributed by atoms with Gasteiger partial charge in [-0.1, -0.05) is 50.2 Å². The third kappa shape index (κ3) is 4.80. The van der Waals surface area contributed by atoms with E-state index in [1.54, 1.807) is 18.2 Å². The van der Waals surface area contributed by atoms with E-state index in [0.29, 0.717) is 17.5 Å². The molecule has 0 aliphatic heterocycles. The van der Waals surface area contributed by atoms with E-state index in [1.165, 1.54) is 13.1 Å². The van der Waals surface area contributed by atoms with Crippen molar-refractivity contribution in [2.75, 3.05) is 13.7 Å². The smallest absolute Gasteiger partial charge is 0.257 e. The van der Waals surface area contributed by atoms with Gasteiger partial charge in [0.2, 0.25) is 0 Å². The number of rotatable bonds is 7. The molecule has 0 atom stereocenters. The van der Waals surface area contributed by atoms with E-state index in [-0.39, 0.29) is 35.0 Å². The molecular formula is C21H23ClFNO3. The first kappa shape index (κ1) is 20.8. The molecule has 0 saturated carbocycles. The maximum absolute atomic E-state index is 14.6. The topological polar surface area (TPSA) is 58.6 Å². The van der Waals surface area contributed by atoms with Crippen LogP contribution in [0.1, 0.15) is 42.0 Å². The van der Waals surface area contributed by atoms with E-state index in [0.717, 1.165) is 11.1 Å². The summed E-state index contributed by atoms with van der Waals surface area (Å²) in [6.07, 6.45) is 1.93. The normalized spacial score (nSPS) is 10.7. The van der Waals surface area contributed by atoms with Crippen LogP contribution in [0.2, 0.25) is 5.02 Å². The van der Waals surface area contributed by atoms with Crippen LogP contribution >= 0.6 is 11.6 Å². The Bertz CT molecular complexity index is 865. The number of hydrogen-bond donors (Lipinski definition) is 2. The first-order valence-corrected chi connectivity index (χ1v) is 8.94. The van der Waals surface area contributed by atoms with Crippen molar-refractivity contribution in [2.45, 2.75) is 26.2 Å². The fourth-order valence-electron chi connectivity index (χ4n) is 2.72. The van der Waals surface area contributed by atoms with Crippen LogP contribution in [0.5, 0.6) is 11.5 Å². The van der Waals surface area contributed by atoms with Crippen LogP contribution in [0.15, 0.2) is 30.8 Å². The Morgan fingerprint density at radius 3 is 2.70 bits per heavy atom. The fraction of sp³-hybridized carbons (Fsp3) is 0.286. The number of phenols is 1. The highest BCUT2D eigenvalue weighted by atomic mass is 35.5. The van der Waals surface area contributed by atoms with Crippen LogP contribution < -0.4 is 10.1 Å². The molecule has 4 nitrogen and oxygen atoms in total. The number of carbonyl (C=O) groups is 1. The molecule has 144 valence electrons. The lowest BCUT2D eigenvalue weighted by Crippen LogP contribution is -2.25. The number of amides is 1. The minimum Gasteiger partial charge on any atom is -0.508 e. The highest BCUT2D eigenvalue weighted by molar-refractivity contribution is 6.32. The van der Waals surface area contributed by atoms with E-state index < -0.39 is 5.82 Å². The zero-order valence-electron chi connectivity index (χ0n) is 15.6. The van der Waals surface area contributed by atoms with Crippen LogP contribution in [-0.2, 0) is 11.2 Å². The number of likely N-dealkylation sites (N-methyl/N-ethyl adjacent to an activating group) is 1. The SMILES string of the molecule is C=Cc1cc(OCC(=O)NC)c(F)c(Cl)c1Cc1ccc(O)c(C(C)C)c1. The van der Waals surface area contributed by atoms with Gasteiger partial charge in [-0.05, 0) is 46.7 Å². The molecule has 0 fully saturated rings. The van der Waals surface area contributed by atoms with Gasteiger partial charge < -0.3 is 15.2 Å². The quantitative estimate of drug-likeness (QED) is 0.721. The molecule has 2 rings (SSSR count). The Morgan fingerprint density at radius 2 is 2.11 bits per heavy atom. The number of phenolic OH excluding ortho intramolecular Hbond substituents is 1. The summed E-state index contributed by atoms with van der Waals surface area (Å²) in [5.74, 6) is -0.815. The molecule has 0 bridgehead atoms. The standard InChI is InChI=1S/C21H23ClFNO3/c1-5-14-10-18(27-11-19(26)24-4)21(23)20(22)16(14)9-13-6-7-17(25)15(8-13)12(2)3/h5-8,10,12,25H,1,9,11H2,2-4H3,(H,24,26). The van der Waals surface area contributed by atoms with Gasteiger partial charge in [0.05, 0.1) is 5.02 Å². The van der Waals surface area contributed by atoms with Crippen LogP contribution in [0, 0.1) is 5.82 Å². The van der Waals surface area contributed by atoms with Crippen LogP contribution in [0.4, 0.5) is 4.39 Å². The van der Waals surface area contributed by atoms with Crippen molar-refractivity contribution in [2.24, 2.45) is 0 Å². The number of aromatic hydroxyl groups is 1. The van der Waals surface area contributed by atoms with E-state index >= 15 is 0 Å². The van der Waals surface area contributed by atoms with E-state index in [9.17, 15) is 14.3 Å². The first-order chi connectivity index (χ1) is 12.8. The lowest BCUT2D eigenvalue weighted by Gasteiger charge is -2.15. The Hall–Kier alpha value is -2.53. The van der Waals surface area contributed by atoms with Crippen molar-refractivity contribution in [3.8, 4) is 11.5 Å². The second-order valence-electron chi connectivity index (χ2n) is 6.46. The third-order valence-corrected chi connectivity index (χ3v) is 4.66. The van der Waals surface area contributed by atoms with Crippen LogP contribution in [0.25, 0.3) is 6.08 Å². The van der Waals surface area contributed by atoms with Crippen molar-refractivity contribution in [3.63, 3.8) is 0 Å². The number of nitrogens with one attached hydrogen (secondary N) is 1. The van der Waals surface area contributed by atoms with Crippen LogP contribution in [0.3, 0.4) is 0 Å². The Labute approximate surface area is 163 Å². The lowest BCUT2D eigenvalue weighted by atomic mass is 9.94. The molecule has 2 aromatic rings. The molecule has 0 unspecified atom stereocenters. The molecule has 1 amide bonds. The van der Waals surface area contributed by atoms with Gasteiger partial charge in [-0.25, -0.2) is 4.39 Å². The highest BCUT2D eigenvalue weighted by Crippen LogP contribution is 2.35. The zero-order chi connectivity index (χ0) is 20.1. The summed E-state index contributed by atoms with van der Waals surface area (Å²) < 4.78 is 19.9. The molecule has 27 heavy (non-hydrogen) atoms. The molecule has 0 radical (unpaired) electrons. The summed E-state index contributed by atoms with van der Waals surface area (Å²) >= 11 is 6.26. The minimum atomic E-state index is -0.718. The lowest BCUT2D eigenvalue weighted by molar-refractivity contribution is -0.122. The molecule has 0 saturated heterocycles. The van der Waals surface area contributed by atoms with E-state index in [4.69, 9.17) is 16.3 Å². The average molecular weight is 392 g/mol. The molecule has 0 aliphatic rings. The van der Waals surface area contributed by atoms with Gasteiger partial charge in [-0.3, -0.25) is 4.79 Å². The van der Waals surface area contributed by atoms with Gasteiger partial charge in [-0.2, -0.15) is 0 Å². The number of carbonyl (C=O) groups excluding carboxylic acids is 1. The van der Waals surface area contributed by atoms with Crippen LogP contribution in [-0.4, -0.2) is 24.7 Å². The Kier molecular flexibility index (Phi) is 6.86. The number of hydrogen-bond acceptors (Lipinski definition) is 3. The third-order valence-electron chi connectivity index (χ3n) is 4.26. The second-order valence-corrected chi connectivity index (χ2v) is 6.84. The predicted molar refractivity (Wildman–Crippen MR) is 106 cm³/mol. The van der Waals surface area contributed by atoms with E-state index in [1.807, 2.05) is 19.9 Å². The van der Waals surface area contributed by atoms with Gasteiger partial charge in [0.25, 0.3) is 5.91 Å². The maximum atomic E-state index is 14.6. The van der Waals surface area contributed by atoms with Gasteiger partial charge in [0.1, 0.15) is 5.75 Å². The average Bonchev–Trinajstić information content (AvgIpc) is 2.65. The number of benzene rings is 2. The van der Waals surface area contributed by atoms with Crippen molar-refractivity contribution >= 4 is 23.6 Å². The molecule has 2 aromatic carbocycles. The molecule has 0 spiro atoms. The summed E-state index contributed by atoms with van der Waals surface area (Å²) in [5, 5.41) is 12.3. The highest BCUT2D eigenvalue weighted by Gasteiger charge is 2.18. The largest absolute Gasteiger partial charge is 0.508 e. The summed E-state index contributed by atoms with van der Waals surface area (Å²) in [7, 11) is 1.47. The molecule has 0 aliphatic carbocycles. The van der Waals surface area contributed by atoms with E-state index in [2.05, 4.69) is 11.9 Å². The van der Waals surface area contributed by atoms with Crippen molar-refractivity contribution < 1.29 is 19.0 Å². The summed E-state index contributed by atoms with van der Waals surface area (Å²) in [4.78, 5) is 11.3. The summed E-state index contributed by atoms with van der Waals surface area (Å²) in [6.45, 7) is 7.42.